The van der Waals surface area contributed by atoms with Crippen LogP contribution in [0.1, 0.15) is 25.5 Å². The maximum atomic E-state index is 11.6. The van der Waals surface area contributed by atoms with E-state index in [1.165, 1.54) is 0 Å². The Morgan fingerprint density at radius 2 is 2.06 bits per heavy atom. The highest BCUT2D eigenvalue weighted by Crippen LogP contribution is 2.27. The minimum Gasteiger partial charge on any atom is -0.508 e. The topological polar surface area (TPSA) is 49.8 Å². The lowest BCUT2D eigenvalue weighted by Gasteiger charge is -2.15. The molecule has 0 saturated carbocycles. The number of benzene rings is 1. The van der Waals surface area contributed by atoms with Gasteiger partial charge < -0.3 is 14.7 Å². The predicted molar refractivity (Wildman–Crippen MR) is 63.7 cm³/mol. The molecular weight excluding hydrogens is 218 g/mol. The molecule has 1 aromatic rings. The van der Waals surface area contributed by atoms with Crippen molar-refractivity contribution in [2.75, 3.05) is 13.1 Å². The number of carbonyl (C=O) groups excluding carboxylic acids is 1. The van der Waals surface area contributed by atoms with E-state index in [-0.39, 0.29) is 17.9 Å². The van der Waals surface area contributed by atoms with E-state index in [4.69, 9.17) is 4.74 Å². The van der Waals surface area contributed by atoms with Gasteiger partial charge in [-0.3, -0.25) is 0 Å². The van der Waals surface area contributed by atoms with Gasteiger partial charge >= 0.3 is 6.09 Å². The van der Waals surface area contributed by atoms with Crippen LogP contribution in [0.15, 0.2) is 24.3 Å². The van der Waals surface area contributed by atoms with Crippen molar-refractivity contribution in [3.8, 4) is 5.75 Å². The highest BCUT2D eigenvalue weighted by molar-refractivity contribution is 5.70. The number of nitrogens with zero attached hydrogens (tertiary/aromatic N) is 1. The molecule has 0 aliphatic carbocycles. The monoisotopic (exact) mass is 235 g/mol. The summed E-state index contributed by atoms with van der Waals surface area (Å²) in [5.74, 6) is 0.651. The van der Waals surface area contributed by atoms with Crippen molar-refractivity contribution in [2.45, 2.75) is 20.0 Å². The average molecular weight is 235 g/mol. The van der Waals surface area contributed by atoms with Crippen LogP contribution in [0.4, 0.5) is 4.79 Å². The highest BCUT2D eigenvalue weighted by Gasteiger charge is 2.32. The SMILES string of the molecule is CC(C)CN1CC(c2ccc(O)cc2)OC1=O. The van der Waals surface area contributed by atoms with Crippen LogP contribution in [-0.4, -0.2) is 29.2 Å². The lowest BCUT2D eigenvalue weighted by Crippen LogP contribution is -2.28. The number of phenols is 1. The molecule has 1 aliphatic heterocycles. The summed E-state index contributed by atoms with van der Waals surface area (Å²) >= 11 is 0. The summed E-state index contributed by atoms with van der Waals surface area (Å²) in [5.41, 5.74) is 0.919. The maximum Gasteiger partial charge on any atom is 0.410 e. The van der Waals surface area contributed by atoms with E-state index >= 15 is 0 Å². The van der Waals surface area contributed by atoms with Gasteiger partial charge in [-0.2, -0.15) is 0 Å². The van der Waals surface area contributed by atoms with Gasteiger partial charge in [0.25, 0.3) is 0 Å². The summed E-state index contributed by atoms with van der Waals surface area (Å²) in [4.78, 5) is 13.3. The Labute approximate surface area is 101 Å². The Hall–Kier alpha value is -1.71. The lowest BCUT2D eigenvalue weighted by molar-refractivity contribution is 0.131. The molecule has 1 saturated heterocycles. The first-order valence-electron chi connectivity index (χ1n) is 5.80. The van der Waals surface area contributed by atoms with E-state index in [1.54, 1.807) is 29.2 Å². The molecule has 0 radical (unpaired) electrons. The van der Waals surface area contributed by atoms with Gasteiger partial charge in [-0.25, -0.2) is 4.79 Å². The number of amides is 1. The fraction of sp³-hybridized carbons (Fsp3) is 0.462. The summed E-state index contributed by atoms with van der Waals surface area (Å²) in [6.45, 7) is 5.44. The first kappa shape index (κ1) is 11.8. The zero-order valence-electron chi connectivity index (χ0n) is 10.1. The minimum atomic E-state index is -0.253. The van der Waals surface area contributed by atoms with Crippen molar-refractivity contribution in [2.24, 2.45) is 5.92 Å². The van der Waals surface area contributed by atoms with Crippen LogP contribution in [0.3, 0.4) is 0 Å². The van der Waals surface area contributed by atoms with Crippen LogP contribution >= 0.6 is 0 Å². The minimum absolute atomic E-state index is 0.220. The van der Waals surface area contributed by atoms with E-state index < -0.39 is 0 Å². The second-order valence-electron chi connectivity index (χ2n) is 4.76. The summed E-state index contributed by atoms with van der Waals surface area (Å²) in [6, 6.07) is 6.78. The second-order valence-corrected chi connectivity index (χ2v) is 4.76. The molecule has 1 heterocycles. The third-order valence-electron chi connectivity index (χ3n) is 2.74. The van der Waals surface area contributed by atoms with Crippen molar-refractivity contribution in [3.05, 3.63) is 29.8 Å². The van der Waals surface area contributed by atoms with E-state index in [0.717, 1.165) is 5.56 Å². The molecular formula is C13H17NO3. The fourth-order valence-electron chi connectivity index (χ4n) is 1.96. The van der Waals surface area contributed by atoms with Gasteiger partial charge in [-0.15, -0.1) is 0 Å². The molecule has 1 aromatic carbocycles. The van der Waals surface area contributed by atoms with Gasteiger partial charge in [0.1, 0.15) is 11.9 Å². The van der Waals surface area contributed by atoms with Gasteiger partial charge in [0.15, 0.2) is 0 Å². The summed E-state index contributed by atoms with van der Waals surface area (Å²) in [7, 11) is 0. The van der Waals surface area contributed by atoms with Gasteiger partial charge in [0, 0.05) is 6.54 Å². The number of phenolic OH excluding ortho intramolecular Hbond substituents is 1. The number of aromatic hydroxyl groups is 1. The molecule has 4 nitrogen and oxygen atoms in total. The Morgan fingerprint density at radius 3 is 2.65 bits per heavy atom. The summed E-state index contributed by atoms with van der Waals surface area (Å²) in [5, 5.41) is 9.20. The molecule has 1 fully saturated rings. The number of carbonyl (C=O) groups is 1. The number of rotatable bonds is 3. The molecule has 1 atom stereocenters. The van der Waals surface area contributed by atoms with Crippen molar-refractivity contribution in [1.29, 1.82) is 0 Å². The third kappa shape index (κ3) is 2.70. The molecule has 1 unspecified atom stereocenters. The van der Waals surface area contributed by atoms with Crippen LogP contribution in [-0.2, 0) is 4.74 Å². The predicted octanol–water partition coefficient (Wildman–Crippen LogP) is 2.54. The van der Waals surface area contributed by atoms with Crippen molar-refractivity contribution in [1.82, 2.24) is 4.90 Å². The van der Waals surface area contributed by atoms with Crippen LogP contribution < -0.4 is 0 Å². The molecule has 92 valence electrons. The van der Waals surface area contributed by atoms with Gasteiger partial charge in [-0.1, -0.05) is 26.0 Å². The average Bonchev–Trinajstić information content (AvgIpc) is 2.60. The molecule has 17 heavy (non-hydrogen) atoms. The molecule has 0 spiro atoms. The lowest BCUT2D eigenvalue weighted by atomic mass is 10.1. The fourth-order valence-corrected chi connectivity index (χ4v) is 1.96. The molecule has 4 heteroatoms. The zero-order valence-corrected chi connectivity index (χ0v) is 10.1. The third-order valence-corrected chi connectivity index (χ3v) is 2.74. The van der Waals surface area contributed by atoms with E-state index in [9.17, 15) is 9.90 Å². The second kappa shape index (κ2) is 4.65. The summed E-state index contributed by atoms with van der Waals surface area (Å²) in [6.07, 6.45) is -0.473. The first-order chi connectivity index (χ1) is 8.06. The molecule has 1 amide bonds. The van der Waals surface area contributed by atoms with Gasteiger partial charge in [0.2, 0.25) is 0 Å². The number of cyclic esters (lactones) is 1. The Kier molecular flexibility index (Phi) is 3.22. The first-order valence-corrected chi connectivity index (χ1v) is 5.80. The van der Waals surface area contributed by atoms with Crippen LogP contribution in [0.2, 0.25) is 0 Å². The normalized spacial score (nSPS) is 19.8. The molecule has 2 rings (SSSR count). The summed E-state index contributed by atoms with van der Waals surface area (Å²) < 4.78 is 5.31. The smallest absolute Gasteiger partial charge is 0.410 e. The largest absolute Gasteiger partial charge is 0.508 e. The van der Waals surface area contributed by atoms with E-state index in [0.29, 0.717) is 19.0 Å². The molecule has 0 aromatic heterocycles. The number of hydrogen-bond acceptors (Lipinski definition) is 3. The van der Waals surface area contributed by atoms with E-state index in [2.05, 4.69) is 13.8 Å². The van der Waals surface area contributed by atoms with Gasteiger partial charge in [-0.05, 0) is 23.6 Å². The Bertz CT molecular complexity index is 400. The van der Waals surface area contributed by atoms with Crippen molar-refractivity contribution < 1.29 is 14.6 Å². The standard InChI is InChI=1S/C13H17NO3/c1-9(2)7-14-8-12(17-13(14)16)10-3-5-11(15)6-4-10/h3-6,9,12,15H,7-8H2,1-2H3. The zero-order chi connectivity index (χ0) is 12.4. The van der Waals surface area contributed by atoms with Crippen LogP contribution in [0, 0.1) is 5.92 Å². The molecule has 1 N–H and O–H groups in total. The van der Waals surface area contributed by atoms with Crippen LogP contribution in [0.5, 0.6) is 5.75 Å². The van der Waals surface area contributed by atoms with Crippen molar-refractivity contribution >= 4 is 6.09 Å². The Balaban J connectivity index is 2.05. The van der Waals surface area contributed by atoms with Crippen molar-refractivity contribution in [3.63, 3.8) is 0 Å². The van der Waals surface area contributed by atoms with E-state index in [1.807, 2.05) is 0 Å². The number of ether oxygens (including phenoxy) is 1. The van der Waals surface area contributed by atoms with Crippen LogP contribution in [0.25, 0.3) is 0 Å². The molecule has 0 bridgehead atoms. The van der Waals surface area contributed by atoms with Gasteiger partial charge in [0.05, 0.1) is 6.54 Å². The molecule has 1 aliphatic rings. The quantitative estimate of drug-likeness (QED) is 0.875. The Morgan fingerprint density at radius 1 is 1.41 bits per heavy atom. The number of hydrogen-bond donors (Lipinski definition) is 1. The maximum absolute atomic E-state index is 11.6. The highest BCUT2D eigenvalue weighted by atomic mass is 16.6.